The van der Waals surface area contributed by atoms with Crippen LogP contribution in [0.4, 0.5) is 0 Å². The topological polar surface area (TPSA) is 26.0 Å². The Labute approximate surface area is 92.7 Å². The van der Waals surface area contributed by atoms with E-state index < -0.39 is 0 Å². The zero-order valence-corrected chi connectivity index (χ0v) is 10.1. The Kier molecular flexibility index (Phi) is 2.20. The monoisotopic (exact) mass is 203 g/mol. The molecule has 1 nitrogen and oxygen atoms in total. The molecule has 1 aromatic carbocycles. The van der Waals surface area contributed by atoms with Gasteiger partial charge in [0, 0.05) is 6.04 Å². The smallest absolute Gasteiger partial charge is 0.0136 e. The second kappa shape index (κ2) is 3.08. The summed E-state index contributed by atoms with van der Waals surface area (Å²) >= 11 is 0. The van der Waals surface area contributed by atoms with E-state index in [9.17, 15) is 0 Å². The highest BCUT2D eigenvalue weighted by molar-refractivity contribution is 5.31. The first kappa shape index (κ1) is 10.7. The van der Waals surface area contributed by atoms with Crippen molar-refractivity contribution >= 4 is 0 Å². The van der Waals surface area contributed by atoms with Gasteiger partial charge in [0.15, 0.2) is 0 Å². The van der Waals surface area contributed by atoms with E-state index in [2.05, 4.69) is 58.0 Å². The summed E-state index contributed by atoms with van der Waals surface area (Å²) in [5.41, 5.74) is 8.04. The van der Waals surface area contributed by atoms with E-state index in [1.807, 2.05) is 0 Å². The first-order chi connectivity index (χ1) is 6.88. The fourth-order valence-corrected chi connectivity index (χ4v) is 3.10. The lowest BCUT2D eigenvalue weighted by atomic mass is 9.77. The Bertz CT molecular complexity index is 351. The van der Waals surface area contributed by atoms with Crippen molar-refractivity contribution < 1.29 is 0 Å². The van der Waals surface area contributed by atoms with Crippen molar-refractivity contribution in [2.75, 3.05) is 0 Å². The first-order valence-corrected chi connectivity index (χ1v) is 5.69. The van der Waals surface area contributed by atoms with Crippen molar-refractivity contribution in [2.45, 2.75) is 39.2 Å². The third-order valence-corrected chi connectivity index (χ3v) is 4.21. The third-order valence-electron chi connectivity index (χ3n) is 4.21. The molecule has 0 bridgehead atoms. The lowest BCUT2D eigenvalue weighted by molar-refractivity contribution is 0.381. The van der Waals surface area contributed by atoms with Crippen LogP contribution in [0.2, 0.25) is 0 Å². The van der Waals surface area contributed by atoms with Crippen LogP contribution in [0, 0.1) is 11.3 Å². The van der Waals surface area contributed by atoms with Crippen LogP contribution in [-0.4, -0.2) is 6.04 Å². The molecule has 15 heavy (non-hydrogen) atoms. The number of nitrogens with two attached hydrogens (primary N) is 1. The Morgan fingerprint density at radius 3 is 2.00 bits per heavy atom. The second-order valence-electron chi connectivity index (χ2n) is 5.91. The molecule has 1 saturated carbocycles. The van der Waals surface area contributed by atoms with Crippen molar-refractivity contribution in [1.82, 2.24) is 0 Å². The standard InChI is InChI=1S/C14H21N/c1-13(2,10-8-6-5-7-9-10)11-12(15)14(11,3)4/h5-9,11-12H,15H2,1-4H3. The number of rotatable bonds is 2. The molecule has 0 heterocycles. The van der Waals surface area contributed by atoms with Gasteiger partial charge < -0.3 is 5.73 Å². The molecule has 0 spiro atoms. The molecule has 1 fully saturated rings. The molecule has 0 saturated heterocycles. The van der Waals surface area contributed by atoms with Gasteiger partial charge in [-0.15, -0.1) is 0 Å². The molecule has 1 heteroatoms. The van der Waals surface area contributed by atoms with Crippen LogP contribution in [0.25, 0.3) is 0 Å². The maximum absolute atomic E-state index is 6.17. The van der Waals surface area contributed by atoms with Gasteiger partial charge in [-0.2, -0.15) is 0 Å². The normalized spacial score (nSPS) is 28.9. The molecule has 1 aliphatic carbocycles. The summed E-state index contributed by atoms with van der Waals surface area (Å²) in [6.45, 7) is 9.16. The zero-order chi connectivity index (χ0) is 11.3. The number of benzene rings is 1. The van der Waals surface area contributed by atoms with Crippen LogP contribution in [0.15, 0.2) is 30.3 Å². The van der Waals surface area contributed by atoms with Crippen molar-refractivity contribution in [2.24, 2.45) is 17.1 Å². The van der Waals surface area contributed by atoms with Gasteiger partial charge in [0.1, 0.15) is 0 Å². The molecule has 0 radical (unpaired) electrons. The highest BCUT2D eigenvalue weighted by Gasteiger charge is 2.62. The molecular formula is C14H21N. The van der Waals surface area contributed by atoms with Crippen molar-refractivity contribution in [3.05, 3.63) is 35.9 Å². The van der Waals surface area contributed by atoms with Gasteiger partial charge >= 0.3 is 0 Å². The summed E-state index contributed by atoms with van der Waals surface area (Å²) in [6, 6.07) is 11.0. The van der Waals surface area contributed by atoms with Crippen molar-refractivity contribution in [1.29, 1.82) is 0 Å². The predicted molar refractivity (Wildman–Crippen MR) is 64.7 cm³/mol. The maximum Gasteiger partial charge on any atom is 0.0136 e. The average Bonchev–Trinajstić information content (AvgIpc) is 2.68. The number of hydrogen-bond acceptors (Lipinski definition) is 1. The Morgan fingerprint density at radius 1 is 1.13 bits per heavy atom. The molecule has 2 rings (SSSR count). The first-order valence-electron chi connectivity index (χ1n) is 5.69. The molecule has 82 valence electrons. The van der Waals surface area contributed by atoms with Gasteiger partial charge in [-0.1, -0.05) is 58.0 Å². The van der Waals surface area contributed by atoms with E-state index in [1.54, 1.807) is 0 Å². The van der Waals surface area contributed by atoms with Gasteiger partial charge in [-0.3, -0.25) is 0 Å². The lowest BCUT2D eigenvalue weighted by Gasteiger charge is -2.27. The van der Waals surface area contributed by atoms with Gasteiger partial charge in [-0.25, -0.2) is 0 Å². The van der Waals surface area contributed by atoms with E-state index in [1.165, 1.54) is 5.56 Å². The van der Waals surface area contributed by atoms with Crippen LogP contribution in [0.1, 0.15) is 33.3 Å². The summed E-state index contributed by atoms with van der Waals surface area (Å²) in [5.74, 6) is 0.590. The van der Waals surface area contributed by atoms with Crippen molar-refractivity contribution in [3.63, 3.8) is 0 Å². The van der Waals surface area contributed by atoms with E-state index in [-0.39, 0.29) is 5.41 Å². The lowest BCUT2D eigenvalue weighted by Crippen LogP contribution is -2.24. The minimum Gasteiger partial charge on any atom is -0.327 e. The van der Waals surface area contributed by atoms with E-state index in [4.69, 9.17) is 5.73 Å². The van der Waals surface area contributed by atoms with E-state index in [0.717, 1.165) is 0 Å². The fourth-order valence-electron chi connectivity index (χ4n) is 3.10. The van der Waals surface area contributed by atoms with E-state index >= 15 is 0 Å². The van der Waals surface area contributed by atoms with Gasteiger partial charge in [0.05, 0.1) is 0 Å². The maximum atomic E-state index is 6.17. The molecule has 2 unspecified atom stereocenters. The Balaban J connectivity index is 2.30. The number of hydrogen-bond donors (Lipinski definition) is 1. The zero-order valence-electron chi connectivity index (χ0n) is 10.1. The summed E-state index contributed by atoms with van der Waals surface area (Å²) in [5, 5.41) is 0. The molecule has 0 aromatic heterocycles. The largest absolute Gasteiger partial charge is 0.327 e. The fraction of sp³-hybridized carbons (Fsp3) is 0.571. The molecule has 1 aromatic rings. The highest BCUT2D eigenvalue weighted by Crippen LogP contribution is 2.59. The Hall–Kier alpha value is -0.820. The second-order valence-corrected chi connectivity index (χ2v) is 5.91. The van der Waals surface area contributed by atoms with Gasteiger partial charge in [0.25, 0.3) is 0 Å². The van der Waals surface area contributed by atoms with Crippen LogP contribution >= 0.6 is 0 Å². The summed E-state index contributed by atoms with van der Waals surface area (Å²) in [6.07, 6.45) is 0. The highest BCUT2D eigenvalue weighted by atomic mass is 14.9. The molecule has 2 atom stereocenters. The third kappa shape index (κ3) is 1.50. The van der Waals surface area contributed by atoms with Crippen LogP contribution in [0.5, 0.6) is 0 Å². The van der Waals surface area contributed by atoms with Crippen LogP contribution < -0.4 is 5.73 Å². The molecule has 0 amide bonds. The van der Waals surface area contributed by atoms with Crippen LogP contribution in [0.3, 0.4) is 0 Å². The van der Waals surface area contributed by atoms with Crippen molar-refractivity contribution in [3.8, 4) is 0 Å². The van der Waals surface area contributed by atoms with Crippen LogP contribution in [-0.2, 0) is 5.41 Å². The summed E-state index contributed by atoms with van der Waals surface area (Å²) in [7, 11) is 0. The Morgan fingerprint density at radius 2 is 1.60 bits per heavy atom. The molecule has 0 aliphatic heterocycles. The molecule has 2 N–H and O–H groups in total. The SMILES string of the molecule is CC(C)(c1ccccc1)C1C(N)C1(C)C. The van der Waals surface area contributed by atoms with Gasteiger partial charge in [-0.05, 0) is 22.3 Å². The van der Waals surface area contributed by atoms with E-state index in [0.29, 0.717) is 17.4 Å². The molecule has 1 aliphatic rings. The molecular weight excluding hydrogens is 182 g/mol. The predicted octanol–water partition coefficient (Wildman–Crippen LogP) is 2.95. The minimum absolute atomic E-state index is 0.185. The van der Waals surface area contributed by atoms with Gasteiger partial charge in [0.2, 0.25) is 0 Å². The quantitative estimate of drug-likeness (QED) is 0.785. The minimum atomic E-state index is 0.185. The summed E-state index contributed by atoms with van der Waals surface area (Å²) < 4.78 is 0. The summed E-state index contributed by atoms with van der Waals surface area (Å²) in [4.78, 5) is 0. The average molecular weight is 203 g/mol.